The molecule has 0 spiro atoms. The standard InChI is InChI=1S/C16H24O8/c1-3-5-9-21-15(19)11-23-13(17)7-8-14(18)24-12-16(20)22-10-6-4-2/h7-8H,3-6,9-12H2,1-2H3/b8-7-. The van der Waals surface area contributed by atoms with Gasteiger partial charge in [0, 0.05) is 12.2 Å². The minimum atomic E-state index is -0.898. The Hall–Kier alpha value is -2.38. The highest BCUT2D eigenvalue weighted by Gasteiger charge is 2.08. The summed E-state index contributed by atoms with van der Waals surface area (Å²) in [4.78, 5) is 44.9. The molecule has 24 heavy (non-hydrogen) atoms. The van der Waals surface area contributed by atoms with Gasteiger partial charge in [0.05, 0.1) is 13.2 Å². The highest BCUT2D eigenvalue weighted by Crippen LogP contribution is 1.92. The highest BCUT2D eigenvalue weighted by molar-refractivity contribution is 5.93. The van der Waals surface area contributed by atoms with Crippen LogP contribution in [0.4, 0.5) is 0 Å². The topological polar surface area (TPSA) is 105 Å². The maximum absolute atomic E-state index is 11.3. The molecule has 0 saturated carbocycles. The molecular formula is C16H24O8. The Balaban J connectivity index is 3.86. The molecule has 8 heteroatoms. The number of ether oxygens (including phenoxy) is 4. The molecule has 0 aromatic carbocycles. The van der Waals surface area contributed by atoms with Crippen LogP contribution in [0.15, 0.2) is 12.2 Å². The summed E-state index contributed by atoms with van der Waals surface area (Å²) >= 11 is 0. The van der Waals surface area contributed by atoms with Crippen LogP contribution in [0.2, 0.25) is 0 Å². The van der Waals surface area contributed by atoms with Crippen LogP contribution in [0.3, 0.4) is 0 Å². The van der Waals surface area contributed by atoms with Crippen LogP contribution in [0, 0.1) is 0 Å². The molecule has 0 aliphatic rings. The molecule has 0 aliphatic carbocycles. The van der Waals surface area contributed by atoms with E-state index in [1.54, 1.807) is 0 Å². The second-order valence-corrected chi connectivity index (χ2v) is 4.70. The SMILES string of the molecule is CCCCOC(=O)COC(=O)/C=C\C(=O)OCC(=O)OCCCC. The molecule has 0 rings (SSSR count). The van der Waals surface area contributed by atoms with Crippen LogP contribution in [0.25, 0.3) is 0 Å². The average Bonchev–Trinajstić information content (AvgIpc) is 2.56. The lowest BCUT2D eigenvalue weighted by molar-refractivity contribution is -0.157. The van der Waals surface area contributed by atoms with Gasteiger partial charge in [-0.05, 0) is 12.8 Å². The number of carbonyl (C=O) groups is 4. The fourth-order valence-corrected chi connectivity index (χ4v) is 1.24. The van der Waals surface area contributed by atoms with Gasteiger partial charge in [-0.25, -0.2) is 19.2 Å². The molecule has 0 radical (unpaired) electrons. The van der Waals surface area contributed by atoms with Crippen LogP contribution in [-0.2, 0) is 38.1 Å². The Morgan fingerprint density at radius 1 is 0.667 bits per heavy atom. The molecule has 0 aliphatic heterocycles. The van der Waals surface area contributed by atoms with Crippen molar-refractivity contribution in [2.45, 2.75) is 39.5 Å². The molecule has 0 aromatic rings. The maximum atomic E-state index is 11.3. The van der Waals surface area contributed by atoms with E-state index in [0.29, 0.717) is 0 Å². The van der Waals surface area contributed by atoms with Crippen molar-refractivity contribution in [1.29, 1.82) is 0 Å². The highest BCUT2D eigenvalue weighted by atomic mass is 16.6. The van der Waals surface area contributed by atoms with Crippen molar-refractivity contribution >= 4 is 23.9 Å². The summed E-state index contributed by atoms with van der Waals surface area (Å²) in [5.74, 6) is -3.12. The predicted molar refractivity (Wildman–Crippen MR) is 82.8 cm³/mol. The lowest BCUT2D eigenvalue weighted by Gasteiger charge is -2.04. The predicted octanol–water partition coefficient (Wildman–Crippen LogP) is 1.32. The third-order valence-electron chi connectivity index (χ3n) is 2.54. The molecule has 0 heterocycles. The third kappa shape index (κ3) is 13.3. The van der Waals surface area contributed by atoms with Crippen molar-refractivity contribution in [2.24, 2.45) is 0 Å². The average molecular weight is 344 g/mol. The largest absolute Gasteiger partial charge is 0.463 e. The van der Waals surface area contributed by atoms with E-state index in [1.165, 1.54) is 0 Å². The lowest BCUT2D eigenvalue weighted by Crippen LogP contribution is -2.17. The Morgan fingerprint density at radius 3 is 1.38 bits per heavy atom. The second kappa shape index (κ2) is 14.2. The van der Waals surface area contributed by atoms with E-state index in [4.69, 9.17) is 9.47 Å². The smallest absolute Gasteiger partial charge is 0.344 e. The number of unbranched alkanes of at least 4 members (excludes halogenated alkanes) is 2. The normalized spacial score (nSPS) is 10.2. The van der Waals surface area contributed by atoms with Gasteiger partial charge in [0.1, 0.15) is 0 Å². The zero-order valence-electron chi connectivity index (χ0n) is 14.1. The van der Waals surface area contributed by atoms with Crippen molar-refractivity contribution in [3.8, 4) is 0 Å². The van der Waals surface area contributed by atoms with E-state index in [9.17, 15) is 19.2 Å². The number of esters is 4. The van der Waals surface area contributed by atoms with Crippen molar-refractivity contribution in [3.63, 3.8) is 0 Å². The molecule has 0 saturated heterocycles. The van der Waals surface area contributed by atoms with Gasteiger partial charge in [-0.1, -0.05) is 26.7 Å². The summed E-state index contributed by atoms with van der Waals surface area (Å²) in [7, 11) is 0. The zero-order chi connectivity index (χ0) is 18.2. The number of carbonyl (C=O) groups excluding carboxylic acids is 4. The van der Waals surface area contributed by atoms with Crippen molar-refractivity contribution in [2.75, 3.05) is 26.4 Å². The van der Waals surface area contributed by atoms with Gasteiger partial charge in [0.2, 0.25) is 0 Å². The zero-order valence-corrected chi connectivity index (χ0v) is 14.1. The van der Waals surface area contributed by atoms with Gasteiger partial charge in [-0.15, -0.1) is 0 Å². The van der Waals surface area contributed by atoms with Gasteiger partial charge in [-0.2, -0.15) is 0 Å². The first-order valence-electron chi connectivity index (χ1n) is 7.82. The van der Waals surface area contributed by atoms with Gasteiger partial charge in [-0.3, -0.25) is 0 Å². The Labute approximate surface area is 141 Å². The minimum absolute atomic E-state index is 0.267. The summed E-state index contributed by atoms with van der Waals surface area (Å²) in [5, 5.41) is 0. The minimum Gasteiger partial charge on any atom is -0.463 e. The maximum Gasteiger partial charge on any atom is 0.344 e. The number of hydrogen-bond acceptors (Lipinski definition) is 8. The molecule has 0 fully saturated rings. The molecule has 0 bridgehead atoms. The van der Waals surface area contributed by atoms with E-state index in [0.717, 1.165) is 37.8 Å². The van der Waals surface area contributed by atoms with Crippen LogP contribution in [0.1, 0.15) is 39.5 Å². The molecule has 8 nitrogen and oxygen atoms in total. The number of hydrogen-bond donors (Lipinski definition) is 0. The molecule has 136 valence electrons. The van der Waals surface area contributed by atoms with Gasteiger partial charge >= 0.3 is 23.9 Å². The van der Waals surface area contributed by atoms with Crippen LogP contribution in [0.5, 0.6) is 0 Å². The van der Waals surface area contributed by atoms with Gasteiger partial charge in [0.25, 0.3) is 0 Å². The summed E-state index contributed by atoms with van der Waals surface area (Å²) in [5.41, 5.74) is 0. The molecule has 0 atom stereocenters. The van der Waals surface area contributed by atoms with E-state index in [-0.39, 0.29) is 13.2 Å². The van der Waals surface area contributed by atoms with E-state index < -0.39 is 37.1 Å². The van der Waals surface area contributed by atoms with Gasteiger partial charge in [0.15, 0.2) is 13.2 Å². The molecule has 0 amide bonds. The second-order valence-electron chi connectivity index (χ2n) is 4.70. The fraction of sp³-hybridized carbons (Fsp3) is 0.625. The first-order chi connectivity index (χ1) is 11.5. The first kappa shape index (κ1) is 21.6. The molecule has 0 aromatic heterocycles. The molecular weight excluding hydrogens is 320 g/mol. The van der Waals surface area contributed by atoms with E-state index >= 15 is 0 Å². The Bertz CT molecular complexity index is 401. The van der Waals surface area contributed by atoms with Crippen LogP contribution < -0.4 is 0 Å². The fourth-order valence-electron chi connectivity index (χ4n) is 1.24. The summed E-state index contributed by atoms with van der Waals surface area (Å²) < 4.78 is 18.7. The molecule has 0 unspecified atom stereocenters. The quantitative estimate of drug-likeness (QED) is 0.226. The van der Waals surface area contributed by atoms with Crippen molar-refractivity contribution in [3.05, 3.63) is 12.2 Å². The summed E-state index contributed by atoms with van der Waals surface area (Å²) in [6.07, 6.45) is 4.81. The van der Waals surface area contributed by atoms with E-state index in [2.05, 4.69) is 9.47 Å². The number of rotatable bonds is 12. The van der Waals surface area contributed by atoms with Crippen LogP contribution >= 0.6 is 0 Å². The van der Waals surface area contributed by atoms with E-state index in [1.807, 2.05) is 13.8 Å². The summed E-state index contributed by atoms with van der Waals surface area (Å²) in [6, 6.07) is 0. The molecule has 0 N–H and O–H groups in total. The van der Waals surface area contributed by atoms with Crippen LogP contribution in [-0.4, -0.2) is 50.3 Å². The van der Waals surface area contributed by atoms with Crippen molar-refractivity contribution < 1.29 is 38.1 Å². The van der Waals surface area contributed by atoms with Crippen molar-refractivity contribution in [1.82, 2.24) is 0 Å². The van der Waals surface area contributed by atoms with Gasteiger partial charge < -0.3 is 18.9 Å². The monoisotopic (exact) mass is 344 g/mol. The lowest BCUT2D eigenvalue weighted by atomic mass is 10.4. The summed E-state index contributed by atoms with van der Waals surface area (Å²) in [6.45, 7) is 3.36. The Kier molecular flexibility index (Phi) is 12.8. The third-order valence-corrected chi connectivity index (χ3v) is 2.54. The Morgan fingerprint density at radius 2 is 1.04 bits per heavy atom. The first-order valence-corrected chi connectivity index (χ1v) is 7.82.